The van der Waals surface area contributed by atoms with E-state index in [9.17, 15) is 4.39 Å². The third kappa shape index (κ3) is 3.06. The highest BCUT2D eigenvalue weighted by Crippen LogP contribution is 2.29. The lowest BCUT2D eigenvalue weighted by atomic mass is 9.90. The smallest absolute Gasteiger partial charge is 0.129 e. The van der Waals surface area contributed by atoms with Gasteiger partial charge in [-0.2, -0.15) is 0 Å². The summed E-state index contributed by atoms with van der Waals surface area (Å²) in [4.78, 5) is 0. The minimum atomic E-state index is -0.251. The van der Waals surface area contributed by atoms with Gasteiger partial charge in [0.15, 0.2) is 0 Å². The van der Waals surface area contributed by atoms with Crippen molar-refractivity contribution in [2.45, 2.75) is 25.3 Å². The lowest BCUT2D eigenvalue weighted by Gasteiger charge is -2.23. The first-order valence-electron chi connectivity index (χ1n) is 8.44. The molecular formula is C20H20ClFN2. The van der Waals surface area contributed by atoms with E-state index in [1.54, 1.807) is 12.1 Å². The Balaban J connectivity index is 1.67. The Hall–Kier alpha value is -1.84. The summed E-state index contributed by atoms with van der Waals surface area (Å²) >= 11 is 5.85. The van der Waals surface area contributed by atoms with Gasteiger partial charge < -0.3 is 9.88 Å². The molecule has 2 nitrogen and oxygen atoms in total. The van der Waals surface area contributed by atoms with Crippen LogP contribution in [-0.2, 0) is 6.54 Å². The van der Waals surface area contributed by atoms with Gasteiger partial charge in [0, 0.05) is 22.3 Å². The highest BCUT2D eigenvalue weighted by Gasteiger charge is 2.16. The van der Waals surface area contributed by atoms with Gasteiger partial charge in [-0.25, -0.2) is 4.39 Å². The van der Waals surface area contributed by atoms with Crippen LogP contribution < -0.4 is 5.32 Å². The maximum Gasteiger partial charge on any atom is 0.129 e. The summed E-state index contributed by atoms with van der Waals surface area (Å²) < 4.78 is 16.2. The number of benzene rings is 2. The normalized spacial score (nSPS) is 15.9. The van der Waals surface area contributed by atoms with Gasteiger partial charge in [-0.15, -0.1) is 0 Å². The van der Waals surface area contributed by atoms with Crippen LogP contribution in [-0.4, -0.2) is 17.7 Å². The molecule has 1 aromatic heterocycles. The monoisotopic (exact) mass is 342 g/mol. The quantitative estimate of drug-likeness (QED) is 0.712. The van der Waals surface area contributed by atoms with Gasteiger partial charge in [0.25, 0.3) is 0 Å². The molecule has 0 spiro atoms. The second kappa shape index (κ2) is 6.58. The molecule has 2 aromatic carbocycles. The van der Waals surface area contributed by atoms with Crippen LogP contribution in [0.4, 0.5) is 4.39 Å². The van der Waals surface area contributed by atoms with Crippen molar-refractivity contribution in [3.63, 3.8) is 0 Å². The van der Waals surface area contributed by atoms with Gasteiger partial charge in [0.1, 0.15) is 5.82 Å². The highest BCUT2D eigenvalue weighted by molar-refractivity contribution is 6.30. The number of fused-ring (bicyclic) bond motifs is 1. The van der Waals surface area contributed by atoms with E-state index in [2.05, 4.69) is 34.1 Å². The number of halogens is 2. The number of nitrogens with one attached hydrogen (secondary N) is 1. The van der Waals surface area contributed by atoms with E-state index in [0.717, 1.165) is 13.1 Å². The molecule has 2 heterocycles. The molecule has 0 amide bonds. The van der Waals surface area contributed by atoms with Gasteiger partial charge in [0.2, 0.25) is 0 Å². The number of piperidine rings is 1. The van der Waals surface area contributed by atoms with Gasteiger partial charge >= 0.3 is 0 Å². The SMILES string of the molecule is Fc1cc(Cl)ccc1Cn1ccc2ccc(C3CCNCC3)cc21. The van der Waals surface area contributed by atoms with Crippen LogP contribution >= 0.6 is 11.6 Å². The topological polar surface area (TPSA) is 17.0 Å². The largest absolute Gasteiger partial charge is 0.343 e. The van der Waals surface area contributed by atoms with E-state index in [1.807, 2.05) is 6.20 Å². The molecular weight excluding hydrogens is 323 g/mol. The highest BCUT2D eigenvalue weighted by atomic mass is 35.5. The van der Waals surface area contributed by atoms with Crippen LogP contribution in [0, 0.1) is 5.82 Å². The Labute approximate surface area is 146 Å². The van der Waals surface area contributed by atoms with E-state index in [0.29, 0.717) is 23.0 Å². The molecule has 1 aliphatic heterocycles. The predicted molar refractivity (Wildman–Crippen MR) is 97.3 cm³/mol. The van der Waals surface area contributed by atoms with E-state index in [1.165, 1.54) is 35.4 Å². The van der Waals surface area contributed by atoms with E-state index < -0.39 is 0 Å². The Morgan fingerprint density at radius 1 is 1.08 bits per heavy atom. The molecule has 0 aliphatic carbocycles. The first-order chi connectivity index (χ1) is 11.7. The molecule has 4 heteroatoms. The summed E-state index contributed by atoms with van der Waals surface area (Å²) in [7, 11) is 0. The average molecular weight is 343 g/mol. The first kappa shape index (κ1) is 15.7. The number of rotatable bonds is 3. The van der Waals surface area contributed by atoms with Gasteiger partial charge in [-0.3, -0.25) is 0 Å². The lowest BCUT2D eigenvalue weighted by Crippen LogP contribution is -2.26. The fourth-order valence-electron chi connectivity index (χ4n) is 3.58. The molecule has 0 saturated carbocycles. The molecule has 1 fully saturated rings. The molecule has 124 valence electrons. The Kier molecular flexibility index (Phi) is 4.30. The Morgan fingerprint density at radius 2 is 1.92 bits per heavy atom. The molecule has 3 aromatic rings. The summed E-state index contributed by atoms with van der Waals surface area (Å²) in [5.41, 5.74) is 3.21. The minimum absolute atomic E-state index is 0.251. The number of hydrogen-bond donors (Lipinski definition) is 1. The molecule has 0 radical (unpaired) electrons. The standard InChI is InChI=1S/C20H20ClFN2/c21-18-4-3-17(19(22)12-18)13-24-10-7-15-1-2-16(11-20(15)24)14-5-8-23-9-6-14/h1-4,7,10-12,14,23H,5-6,8-9,13H2. The van der Waals surface area contributed by atoms with Crippen LogP contribution in [0.5, 0.6) is 0 Å². The van der Waals surface area contributed by atoms with Crippen LogP contribution in [0.15, 0.2) is 48.7 Å². The maximum absolute atomic E-state index is 14.1. The Morgan fingerprint density at radius 3 is 2.71 bits per heavy atom. The fraction of sp³-hybridized carbons (Fsp3) is 0.300. The van der Waals surface area contributed by atoms with Gasteiger partial charge in [0.05, 0.1) is 6.54 Å². The van der Waals surface area contributed by atoms with Crippen molar-refractivity contribution in [3.05, 3.63) is 70.6 Å². The fourth-order valence-corrected chi connectivity index (χ4v) is 3.74. The number of aromatic nitrogens is 1. The van der Waals surface area contributed by atoms with Crippen molar-refractivity contribution in [2.24, 2.45) is 0 Å². The summed E-state index contributed by atoms with van der Waals surface area (Å²) in [5, 5.41) is 5.04. The molecule has 0 unspecified atom stereocenters. The summed E-state index contributed by atoms with van der Waals surface area (Å²) in [6.07, 6.45) is 4.39. The second-order valence-corrected chi connectivity index (χ2v) is 6.96. The third-order valence-corrected chi connectivity index (χ3v) is 5.20. The minimum Gasteiger partial charge on any atom is -0.343 e. The molecule has 4 rings (SSSR count). The predicted octanol–water partition coefficient (Wildman–Crippen LogP) is 4.95. The number of nitrogens with zero attached hydrogens (tertiary/aromatic N) is 1. The van der Waals surface area contributed by atoms with Crippen molar-refractivity contribution in [1.29, 1.82) is 0 Å². The lowest BCUT2D eigenvalue weighted by molar-refractivity contribution is 0.460. The number of hydrogen-bond acceptors (Lipinski definition) is 1. The summed E-state index contributed by atoms with van der Waals surface area (Å²) in [6.45, 7) is 2.68. The molecule has 1 N–H and O–H groups in total. The zero-order valence-corrected chi connectivity index (χ0v) is 14.2. The zero-order valence-electron chi connectivity index (χ0n) is 13.4. The summed E-state index contributed by atoms with van der Waals surface area (Å²) in [6, 6.07) is 13.7. The molecule has 24 heavy (non-hydrogen) atoms. The van der Waals surface area contributed by atoms with Crippen molar-refractivity contribution in [2.75, 3.05) is 13.1 Å². The summed E-state index contributed by atoms with van der Waals surface area (Å²) in [5.74, 6) is 0.366. The second-order valence-electron chi connectivity index (χ2n) is 6.52. The van der Waals surface area contributed by atoms with Crippen LogP contribution in [0.2, 0.25) is 5.02 Å². The van der Waals surface area contributed by atoms with Gasteiger partial charge in [-0.1, -0.05) is 29.8 Å². The van der Waals surface area contributed by atoms with Crippen LogP contribution in [0.1, 0.15) is 29.9 Å². The molecule has 1 aliphatic rings. The molecule has 1 saturated heterocycles. The molecule has 0 atom stereocenters. The van der Waals surface area contributed by atoms with Gasteiger partial charge in [-0.05, 0) is 67.1 Å². The first-order valence-corrected chi connectivity index (χ1v) is 8.82. The maximum atomic E-state index is 14.1. The van der Waals surface area contributed by atoms with Crippen molar-refractivity contribution in [3.8, 4) is 0 Å². The average Bonchev–Trinajstić information content (AvgIpc) is 3.00. The molecule has 0 bridgehead atoms. The van der Waals surface area contributed by atoms with Crippen LogP contribution in [0.25, 0.3) is 10.9 Å². The zero-order chi connectivity index (χ0) is 16.5. The van der Waals surface area contributed by atoms with Crippen LogP contribution in [0.3, 0.4) is 0 Å². The van der Waals surface area contributed by atoms with E-state index in [-0.39, 0.29) is 5.82 Å². The Bertz CT molecular complexity index is 865. The van der Waals surface area contributed by atoms with Crippen molar-refractivity contribution in [1.82, 2.24) is 9.88 Å². The third-order valence-electron chi connectivity index (χ3n) is 4.96. The van der Waals surface area contributed by atoms with Crippen molar-refractivity contribution >= 4 is 22.5 Å². The van der Waals surface area contributed by atoms with E-state index >= 15 is 0 Å². The van der Waals surface area contributed by atoms with Crippen molar-refractivity contribution < 1.29 is 4.39 Å². The van der Waals surface area contributed by atoms with E-state index in [4.69, 9.17) is 11.6 Å².